The fraction of sp³-hybridized carbons (Fsp3) is 0.154. The average Bonchev–Trinajstić information content (AvgIpc) is 2.87. The molecule has 4 rings (SSSR count). The van der Waals surface area contributed by atoms with Crippen LogP contribution in [0.2, 0.25) is 15.1 Å². The van der Waals surface area contributed by atoms with E-state index in [-0.39, 0.29) is 44.6 Å². The predicted molar refractivity (Wildman–Crippen MR) is 145 cm³/mol. The second-order valence-corrected chi connectivity index (χ2v) is 9.72. The summed E-state index contributed by atoms with van der Waals surface area (Å²) in [5.41, 5.74) is -0.178. The highest BCUT2D eigenvalue weighted by molar-refractivity contribution is 6.37. The number of likely N-dealkylation sites (N-methyl/N-ethyl adjacent to an activating group) is 1. The molecule has 38 heavy (non-hydrogen) atoms. The van der Waals surface area contributed by atoms with Gasteiger partial charge in [-0.15, -0.1) is 0 Å². The first-order valence-electron chi connectivity index (χ1n) is 11.2. The van der Waals surface area contributed by atoms with Crippen molar-refractivity contribution in [3.63, 3.8) is 0 Å². The number of nitrogens with one attached hydrogen (secondary N) is 1. The molecule has 12 heteroatoms. The van der Waals surface area contributed by atoms with Crippen molar-refractivity contribution < 1.29 is 14.6 Å². The maximum Gasteiger partial charge on any atom is 0.349 e. The van der Waals surface area contributed by atoms with E-state index < -0.39 is 17.2 Å². The number of carbonyl (C=O) groups excluding carboxylic acids is 1. The van der Waals surface area contributed by atoms with Crippen molar-refractivity contribution in [2.24, 2.45) is 0 Å². The maximum atomic E-state index is 13.2. The number of H-pyrrole nitrogens is 1. The number of nitrogens with zero attached hydrogens (tertiary/aromatic N) is 3. The third kappa shape index (κ3) is 6.02. The topological polar surface area (TPSA) is 118 Å². The number of aromatic nitrogens is 3. The molecule has 0 saturated heterocycles. The van der Waals surface area contributed by atoms with Crippen LogP contribution in [0, 0.1) is 0 Å². The number of hydrogen-bond donors (Lipinski definition) is 2. The Morgan fingerprint density at radius 3 is 2.37 bits per heavy atom. The largest absolute Gasteiger partial charge is 0.507 e. The number of amides is 1. The Bertz CT molecular complexity index is 1600. The van der Waals surface area contributed by atoms with Gasteiger partial charge >= 0.3 is 5.69 Å². The molecule has 0 radical (unpaired) electrons. The third-order valence-corrected chi connectivity index (χ3v) is 6.60. The minimum atomic E-state index is -0.769. The van der Waals surface area contributed by atoms with E-state index in [0.717, 1.165) is 16.4 Å². The first-order valence-corrected chi connectivity index (χ1v) is 12.4. The monoisotopic (exact) mass is 574 g/mol. The SMILES string of the molecule is CC(Cc1ccc(Cl)cc1)N(C)C(=O)c1cc(Oc2c(Cl)cc(-n3ncc(=O)[nH]c3=O)cc2Cl)ccc1O. The molecule has 0 spiro atoms. The number of ether oxygens (including phenoxy) is 1. The van der Waals surface area contributed by atoms with Gasteiger partial charge in [-0.05, 0) is 61.4 Å². The van der Waals surface area contributed by atoms with Gasteiger partial charge in [-0.25, -0.2) is 4.79 Å². The van der Waals surface area contributed by atoms with Gasteiger partial charge in [0.2, 0.25) is 0 Å². The van der Waals surface area contributed by atoms with Gasteiger partial charge in [-0.1, -0.05) is 46.9 Å². The first-order chi connectivity index (χ1) is 18.0. The van der Waals surface area contributed by atoms with Crippen LogP contribution in [0.15, 0.2) is 70.4 Å². The number of aromatic hydroxyl groups is 1. The molecule has 1 aromatic heterocycles. The predicted octanol–water partition coefficient (Wildman–Crippen LogP) is 5.08. The molecule has 4 aromatic rings. The zero-order valence-corrected chi connectivity index (χ0v) is 22.4. The second-order valence-electron chi connectivity index (χ2n) is 8.47. The number of aromatic amines is 1. The van der Waals surface area contributed by atoms with Crippen LogP contribution in [0.25, 0.3) is 5.69 Å². The minimum absolute atomic E-state index is 0.0285. The lowest BCUT2D eigenvalue weighted by Crippen LogP contribution is -2.36. The van der Waals surface area contributed by atoms with Gasteiger partial charge in [-0.2, -0.15) is 9.78 Å². The molecule has 9 nitrogen and oxygen atoms in total. The molecule has 1 atom stereocenters. The number of rotatable bonds is 7. The highest BCUT2D eigenvalue weighted by Crippen LogP contribution is 2.39. The molecular weight excluding hydrogens is 555 g/mol. The number of benzene rings is 3. The Labute approximate surface area is 231 Å². The molecular formula is C26H21Cl3N4O5. The third-order valence-electron chi connectivity index (χ3n) is 5.78. The highest BCUT2D eigenvalue weighted by atomic mass is 35.5. The van der Waals surface area contributed by atoms with E-state index in [1.807, 2.05) is 19.1 Å². The van der Waals surface area contributed by atoms with Gasteiger partial charge in [0.1, 0.15) is 17.7 Å². The van der Waals surface area contributed by atoms with Gasteiger partial charge in [0.05, 0.1) is 21.3 Å². The highest BCUT2D eigenvalue weighted by Gasteiger charge is 2.22. The summed E-state index contributed by atoms with van der Waals surface area (Å²) in [7, 11) is 1.65. The fourth-order valence-electron chi connectivity index (χ4n) is 3.66. The van der Waals surface area contributed by atoms with Crippen molar-refractivity contribution in [3.8, 4) is 22.9 Å². The zero-order valence-electron chi connectivity index (χ0n) is 20.1. The smallest absolute Gasteiger partial charge is 0.349 e. The van der Waals surface area contributed by atoms with E-state index in [9.17, 15) is 19.5 Å². The van der Waals surface area contributed by atoms with Gasteiger partial charge in [0.25, 0.3) is 11.5 Å². The lowest BCUT2D eigenvalue weighted by atomic mass is 10.0. The normalized spacial score (nSPS) is 11.7. The van der Waals surface area contributed by atoms with E-state index in [2.05, 4.69) is 10.1 Å². The number of halogens is 3. The molecule has 2 N–H and O–H groups in total. The Morgan fingerprint density at radius 2 is 1.74 bits per heavy atom. The fourth-order valence-corrected chi connectivity index (χ4v) is 4.34. The molecule has 0 aliphatic heterocycles. The van der Waals surface area contributed by atoms with Gasteiger partial charge in [-0.3, -0.25) is 14.6 Å². The van der Waals surface area contributed by atoms with Crippen LogP contribution in [-0.2, 0) is 6.42 Å². The van der Waals surface area contributed by atoms with Crippen LogP contribution in [0.1, 0.15) is 22.8 Å². The Morgan fingerprint density at radius 1 is 1.08 bits per heavy atom. The molecule has 0 saturated carbocycles. The molecule has 1 unspecified atom stereocenters. The van der Waals surface area contributed by atoms with Crippen molar-refractivity contribution >= 4 is 40.7 Å². The lowest BCUT2D eigenvalue weighted by Gasteiger charge is -2.25. The summed E-state index contributed by atoms with van der Waals surface area (Å²) < 4.78 is 6.77. The Hall–Kier alpha value is -3.79. The van der Waals surface area contributed by atoms with E-state index in [1.54, 1.807) is 19.2 Å². The van der Waals surface area contributed by atoms with Crippen LogP contribution in [0.3, 0.4) is 0 Å². The van der Waals surface area contributed by atoms with E-state index in [0.29, 0.717) is 11.4 Å². The molecule has 196 valence electrons. The Balaban J connectivity index is 1.56. The molecule has 0 bridgehead atoms. The molecule has 3 aromatic carbocycles. The van der Waals surface area contributed by atoms with E-state index >= 15 is 0 Å². The summed E-state index contributed by atoms with van der Waals surface area (Å²) >= 11 is 18.7. The van der Waals surface area contributed by atoms with E-state index in [4.69, 9.17) is 39.5 Å². The van der Waals surface area contributed by atoms with Gasteiger partial charge < -0.3 is 14.7 Å². The van der Waals surface area contributed by atoms with Gasteiger partial charge in [0, 0.05) is 18.1 Å². The number of phenols is 1. The van der Waals surface area contributed by atoms with Crippen LogP contribution in [0.5, 0.6) is 17.2 Å². The minimum Gasteiger partial charge on any atom is -0.507 e. The molecule has 0 fully saturated rings. The number of hydrogen-bond acceptors (Lipinski definition) is 6. The van der Waals surface area contributed by atoms with Crippen LogP contribution < -0.4 is 16.0 Å². The first kappa shape index (κ1) is 27.3. The molecule has 1 amide bonds. The summed E-state index contributed by atoms with van der Waals surface area (Å²) in [6.45, 7) is 1.90. The van der Waals surface area contributed by atoms with Crippen molar-refractivity contribution in [1.29, 1.82) is 0 Å². The van der Waals surface area contributed by atoms with E-state index in [1.165, 1.54) is 35.2 Å². The van der Waals surface area contributed by atoms with Crippen molar-refractivity contribution in [1.82, 2.24) is 19.7 Å². The lowest BCUT2D eigenvalue weighted by molar-refractivity contribution is 0.0740. The van der Waals surface area contributed by atoms with Crippen LogP contribution >= 0.6 is 34.8 Å². The molecule has 0 aliphatic carbocycles. The zero-order chi connectivity index (χ0) is 27.6. The number of carbonyl (C=O) groups is 1. The summed E-state index contributed by atoms with van der Waals surface area (Å²) in [6.07, 6.45) is 1.52. The summed E-state index contributed by atoms with van der Waals surface area (Å²) in [5.74, 6) is -0.377. The average molecular weight is 576 g/mol. The maximum absolute atomic E-state index is 13.2. The summed E-state index contributed by atoms with van der Waals surface area (Å²) in [4.78, 5) is 40.2. The Kier molecular flexibility index (Phi) is 8.11. The van der Waals surface area contributed by atoms with Gasteiger partial charge in [0.15, 0.2) is 5.75 Å². The van der Waals surface area contributed by atoms with Crippen LogP contribution in [0.4, 0.5) is 0 Å². The summed E-state index contributed by atoms with van der Waals surface area (Å²) in [5, 5.41) is 14.9. The molecule has 0 aliphatic rings. The van der Waals surface area contributed by atoms with Crippen molar-refractivity contribution in [2.45, 2.75) is 19.4 Å². The molecule has 1 heterocycles. The number of phenolic OH excluding ortho intramolecular Hbond substituents is 1. The van der Waals surface area contributed by atoms with Crippen molar-refractivity contribution in [3.05, 3.63) is 108 Å². The standard InChI is InChI=1S/C26H21Cl3N4O5/c1-14(9-15-3-5-16(27)6-4-15)32(2)25(36)19-12-18(7-8-22(19)34)38-24-20(28)10-17(11-21(24)29)33-26(37)31-23(35)13-30-33/h3-8,10-14,34H,9H2,1-2H3,(H,31,35,37). The van der Waals surface area contributed by atoms with Crippen LogP contribution in [-0.4, -0.2) is 43.8 Å². The summed E-state index contributed by atoms with van der Waals surface area (Å²) in [6, 6.07) is 14.1. The second kappa shape index (κ2) is 11.3. The quantitative estimate of drug-likeness (QED) is 0.317. The van der Waals surface area contributed by atoms with Crippen molar-refractivity contribution in [2.75, 3.05) is 7.05 Å².